The summed E-state index contributed by atoms with van der Waals surface area (Å²) in [5, 5.41) is 4.30. The first-order chi connectivity index (χ1) is 15.0. The van der Waals surface area contributed by atoms with Gasteiger partial charge in [0.1, 0.15) is 12.1 Å². The standard InChI is InChI=1S/C18H23IN6OS.H3O4P/c1-11(2)21-7-4-8-25-17-15(16(20)22-10-23-17)24-18(25)27-14-9-12(26-3)5-6-13(14)19;1-5(2,3)4/h5-6,9-11,21H,4,7-8H2,1-3H3,(H2,20,22,23);(H3,1,2,3,4). The molecule has 0 aliphatic rings. The number of benzene rings is 1. The quantitative estimate of drug-likeness (QED) is 0.147. The molecule has 2 heterocycles. The Balaban J connectivity index is 0.000000654. The van der Waals surface area contributed by atoms with E-state index in [-0.39, 0.29) is 0 Å². The summed E-state index contributed by atoms with van der Waals surface area (Å²) in [7, 11) is -2.97. The van der Waals surface area contributed by atoms with Crippen LogP contribution in [0, 0.1) is 3.57 Å². The molecule has 0 aliphatic heterocycles. The minimum absolute atomic E-state index is 0.404. The number of nitrogen functional groups attached to an aromatic ring is 1. The molecule has 0 atom stereocenters. The van der Waals surface area contributed by atoms with Crippen LogP contribution in [0.4, 0.5) is 5.82 Å². The molecule has 1 aromatic carbocycles. The fourth-order valence-corrected chi connectivity index (χ4v) is 4.26. The molecule has 0 radical (unpaired) electrons. The van der Waals surface area contributed by atoms with Gasteiger partial charge in [-0.05, 0) is 53.8 Å². The maximum absolute atomic E-state index is 8.88. The first-order valence-corrected chi connectivity index (χ1v) is 13.0. The average molecular weight is 596 g/mol. The Kier molecular flexibility index (Phi) is 10.1. The number of imidazole rings is 1. The van der Waals surface area contributed by atoms with E-state index in [1.807, 2.05) is 18.2 Å². The number of aromatic nitrogens is 4. The summed E-state index contributed by atoms with van der Waals surface area (Å²) < 4.78 is 17.5. The molecule has 2 aromatic heterocycles. The Hall–Kier alpha value is -1.48. The van der Waals surface area contributed by atoms with Crippen LogP contribution in [-0.2, 0) is 11.1 Å². The molecule has 3 aromatic rings. The molecule has 6 N–H and O–H groups in total. The van der Waals surface area contributed by atoms with E-state index in [1.54, 1.807) is 18.9 Å². The molecule has 11 nitrogen and oxygen atoms in total. The summed E-state index contributed by atoms with van der Waals surface area (Å²) >= 11 is 3.91. The fraction of sp³-hybridized carbons (Fsp3) is 0.389. The molecule has 14 heteroatoms. The maximum Gasteiger partial charge on any atom is 0.466 e. The molecule has 32 heavy (non-hydrogen) atoms. The molecule has 0 unspecified atom stereocenters. The summed E-state index contributed by atoms with van der Waals surface area (Å²) in [6, 6.07) is 6.48. The summed E-state index contributed by atoms with van der Waals surface area (Å²) in [5.74, 6) is 1.22. The minimum atomic E-state index is -4.64. The van der Waals surface area contributed by atoms with Crippen molar-refractivity contribution in [2.45, 2.75) is 42.9 Å². The number of aryl methyl sites for hydroxylation is 1. The molecule has 0 fully saturated rings. The van der Waals surface area contributed by atoms with Crippen molar-refractivity contribution >= 4 is 59.2 Å². The highest BCUT2D eigenvalue weighted by molar-refractivity contribution is 14.1. The van der Waals surface area contributed by atoms with Crippen molar-refractivity contribution in [2.75, 3.05) is 19.4 Å². The lowest BCUT2D eigenvalue weighted by atomic mass is 10.3. The van der Waals surface area contributed by atoms with Gasteiger partial charge in [-0.1, -0.05) is 25.6 Å². The first-order valence-electron chi connectivity index (χ1n) is 9.49. The molecular weight excluding hydrogens is 570 g/mol. The van der Waals surface area contributed by atoms with E-state index in [1.165, 1.54) is 6.33 Å². The van der Waals surface area contributed by atoms with Crippen LogP contribution in [0.15, 0.2) is 34.6 Å². The number of hydrogen-bond acceptors (Lipinski definition) is 8. The highest BCUT2D eigenvalue weighted by atomic mass is 127. The van der Waals surface area contributed by atoms with Gasteiger partial charge in [-0.25, -0.2) is 19.5 Å². The predicted octanol–water partition coefficient (Wildman–Crippen LogP) is 2.63. The largest absolute Gasteiger partial charge is 0.497 e. The number of rotatable bonds is 8. The maximum atomic E-state index is 8.88. The van der Waals surface area contributed by atoms with E-state index in [2.05, 4.69) is 56.3 Å². The lowest BCUT2D eigenvalue weighted by Gasteiger charge is -2.11. The molecule has 0 saturated carbocycles. The van der Waals surface area contributed by atoms with Crippen molar-refractivity contribution in [3.8, 4) is 5.75 Å². The van der Waals surface area contributed by atoms with Gasteiger partial charge in [0.25, 0.3) is 0 Å². The predicted molar refractivity (Wildman–Crippen MR) is 132 cm³/mol. The van der Waals surface area contributed by atoms with Gasteiger partial charge in [0.05, 0.1) is 7.11 Å². The number of fused-ring (bicyclic) bond motifs is 1. The van der Waals surface area contributed by atoms with Crippen LogP contribution < -0.4 is 15.8 Å². The van der Waals surface area contributed by atoms with E-state index in [4.69, 9.17) is 34.7 Å². The number of nitrogens with two attached hydrogens (primary N) is 1. The van der Waals surface area contributed by atoms with Crippen LogP contribution >= 0.6 is 42.2 Å². The summed E-state index contributed by atoms with van der Waals surface area (Å²) in [4.78, 5) is 35.9. The summed E-state index contributed by atoms with van der Waals surface area (Å²) in [5.41, 5.74) is 7.45. The Morgan fingerprint density at radius 1 is 1.31 bits per heavy atom. The zero-order chi connectivity index (χ0) is 23.9. The van der Waals surface area contributed by atoms with Gasteiger partial charge in [0, 0.05) is 21.1 Å². The third-order valence-corrected chi connectivity index (χ3v) is 6.33. The van der Waals surface area contributed by atoms with Crippen molar-refractivity contribution in [3.63, 3.8) is 0 Å². The zero-order valence-electron chi connectivity index (χ0n) is 17.8. The number of phosphoric acid groups is 1. The topological polar surface area (TPSA) is 169 Å². The smallest absolute Gasteiger partial charge is 0.466 e. The second kappa shape index (κ2) is 12.1. The van der Waals surface area contributed by atoms with E-state index >= 15 is 0 Å². The SMILES string of the molecule is COc1ccc(I)c(Sc2nc3c(N)ncnc3n2CCCNC(C)C)c1.O=P(O)(O)O. The number of ether oxygens (including phenoxy) is 1. The normalized spacial score (nSPS) is 11.5. The molecule has 0 spiro atoms. The Morgan fingerprint density at radius 2 is 2.00 bits per heavy atom. The highest BCUT2D eigenvalue weighted by Crippen LogP contribution is 2.35. The number of methoxy groups -OCH3 is 1. The van der Waals surface area contributed by atoms with Gasteiger partial charge in [0.2, 0.25) is 0 Å². The Morgan fingerprint density at radius 3 is 2.62 bits per heavy atom. The summed E-state index contributed by atoms with van der Waals surface area (Å²) in [6.07, 6.45) is 2.46. The zero-order valence-corrected chi connectivity index (χ0v) is 21.6. The van der Waals surface area contributed by atoms with Crippen molar-refractivity contribution in [1.82, 2.24) is 24.8 Å². The number of nitrogens with zero attached hydrogens (tertiary/aromatic N) is 4. The van der Waals surface area contributed by atoms with Gasteiger partial charge in [0.15, 0.2) is 22.1 Å². The second-order valence-electron chi connectivity index (χ2n) is 6.85. The third kappa shape index (κ3) is 8.46. The highest BCUT2D eigenvalue weighted by Gasteiger charge is 2.17. The van der Waals surface area contributed by atoms with Crippen LogP contribution in [0.2, 0.25) is 0 Å². The number of anilines is 1. The minimum Gasteiger partial charge on any atom is -0.497 e. The van der Waals surface area contributed by atoms with E-state index < -0.39 is 7.82 Å². The third-order valence-electron chi connectivity index (χ3n) is 3.98. The second-order valence-corrected chi connectivity index (χ2v) is 10.0. The van der Waals surface area contributed by atoms with Crippen LogP contribution in [0.1, 0.15) is 20.3 Å². The summed E-state index contributed by atoms with van der Waals surface area (Å²) in [6.45, 7) is 6.02. The van der Waals surface area contributed by atoms with Crippen LogP contribution in [-0.4, -0.2) is 53.9 Å². The average Bonchev–Trinajstić information content (AvgIpc) is 3.04. The van der Waals surface area contributed by atoms with Crippen LogP contribution in [0.3, 0.4) is 0 Å². The van der Waals surface area contributed by atoms with Gasteiger partial charge in [-0.2, -0.15) is 0 Å². The molecule has 0 aliphatic carbocycles. The van der Waals surface area contributed by atoms with Crippen molar-refractivity contribution in [3.05, 3.63) is 28.1 Å². The monoisotopic (exact) mass is 596 g/mol. The molecule has 0 amide bonds. The Bertz CT molecular complexity index is 1080. The van der Waals surface area contributed by atoms with Gasteiger partial charge < -0.3 is 35.0 Å². The van der Waals surface area contributed by atoms with E-state index in [0.29, 0.717) is 17.4 Å². The van der Waals surface area contributed by atoms with Crippen LogP contribution in [0.5, 0.6) is 5.75 Å². The molecule has 0 bridgehead atoms. The lowest BCUT2D eigenvalue weighted by molar-refractivity contribution is 0.275. The molecule has 0 saturated heterocycles. The van der Waals surface area contributed by atoms with Gasteiger partial charge in [-0.15, -0.1) is 0 Å². The lowest BCUT2D eigenvalue weighted by Crippen LogP contribution is -2.24. The van der Waals surface area contributed by atoms with Gasteiger partial charge >= 0.3 is 7.82 Å². The van der Waals surface area contributed by atoms with Gasteiger partial charge in [-0.3, -0.25) is 0 Å². The molecule has 176 valence electrons. The van der Waals surface area contributed by atoms with Crippen molar-refractivity contribution in [1.29, 1.82) is 0 Å². The molecular formula is C18H26IN6O5PS. The van der Waals surface area contributed by atoms with E-state index in [0.717, 1.165) is 44.5 Å². The van der Waals surface area contributed by atoms with Crippen molar-refractivity contribution < 1.29 is 24.0 Å². The number of halogens is 1. The van der Waals surface area contributed by atoms with Crippen LogP contribution in [0.25, 0.3) is 11.2 Å². The molecule has 3 rings (SSSR count). The van der Waals surface area contributed by atoms with Crippen molar-refractivity contribution in [2.24, 2.45) is 0 Å². The Labute approximate surface area is 203 Å². The number of nitrogens with one attached hydrogen (secondary N) is 1. The van der Waals surface area contributed by atoms with E-state index in [9.17, 15) is 0 Å². The number of hydrogen-bond donors (Lipinski definition) is 5. The first kappa shape index (κ1) is 26.8. The fourth-order valence-electron chi connectivity index (χ4n) is 2.63.